The van der Waals surface area contributed by atoms with Crippen LogP contribution in [-0.2, 0) is 0 Å². The van der Waals surface area contributed by atoms with Gasteiger partial charge in [-0.25, -0.2) is 9.97 Å². The summed E-state index contributed by atoms with van der Waals surface area (Å²) >= 11 is 1.41. The number of carbonyl (C=O) groups is 1. The standard InChI is InChI=1S/C21H24N4O2S/c1-13-8-10-25(11-9-13)19-17-14(2)18(28-21(17)23-12-22-19)20(26)24-15-6-4-5-7-16(15)27-3/h4-7,12-13H,8-11H2,1-3H3,(H,24,26). The van der Waals surface area contributed by atoms with Crippen LogP contribution < -0.4 is 15.0 Å². The van der Waals surface area contributed by atoms with E-state index < -0.39 is 0 Å². The lowest BCUT2D eigenvalue weighted by molar-refractivity contribution is 0.102. The van der Waals surface area contributed by atoms with Crippen molar-refractivity contribution in [3.05, 3.63) is 41.0 Å². The van der Waals surface area contributed by atoms with E-state index in [2.05, 4.69) is 27.1 Å². The Bertz CT molecular complexity index is 1010. The predicted octanol–water partition coefficient (Wildman–Crippen LogP) is 4.50. The smallest absolute Gasteiger partial charge is 0.266 e. The van der Waals surface area contributed by atoms with Gasteiger partial charge in [-0.1, -0.05) is 19.1 Å². The van der Waals surface area contributed by atoms with Crippen LogP contribution in [0.1, 0.15) is 35.0 Å². The van der Waals surface area contributed by atoms with Crippen molar-refractivity contribution in [2.24, 2.45) is 5.92 Å². The van der Waals surface area contributed by atoms with Gasteiger partial charge in [0, 0.05) is 13.1 Å². The van der Waals surface area contributed by atoms with E-state index in [-0.39, 0.29) is 5.91 Å². The Morgan fingerprint density at radius 2 is 2.00 bits per heavy atom. The summed E-state index contributed by atoms with van der Waals surface area (Å²) in [6, 6.07) is 7.41. The van der Waals surface area contributed by atoms with Crippen molar-refractivity contribution in [3.63, 3.8) is 0 Å². The first-order valence-electron chi connectivity index (χ1n) is 9.52. The van der Waals surface area contributed by atoms with E-state index in [4.69, 9.17) is 4.74 Å². The first kappa shape index (κ1) is 18.7. The number of carbonyl (C=O) groups excluding carboxylic acids is 1. The highest BCUT2D eigenvalue weighted by Crippen LogP contribution is 2.37. The Morgan fingerprint density at radius 3 is 2.75 bits per heavy atom. The minimum absolute atomic E-state index is 0.150. The molecule has 1 saturated heterocycles. The number of para-hydroxylation sites is 2. The molecule has 1 aromatic carbocycles. The highest BCUT2D eigenvalue weighted by atomic mass is 32.1. The Morgan fingerprint density at radius 1 is 1.25 bits per heavy atom. The van der Waals surface area contributed by atoms with Crippen molar-refractivity contribution < 1.29 is 9.53 Å². The van der Waals surface area contributed by atoms with Gasteiger partial charge in [-0.05, 0) is 43.4 Å². The second-order valence-electron chi connectivity index (χ2n) is 7.26. The molecule has 4 rings (SSSR count). The number of anilines is 2. The largest absolute Gasteiger partial charge is 0.495 e. The first-order chi connectivity index (χ1) is 13.6. The van der Waals surface area contributed by atoms with E-state index in [9.17, 15) is 4.79 Å². The molecule has 0 aliphatic carbocycles. The van der Waals surface area contributed by atoms with Gasteiger partial charge in [0.1, 0.15) is 22.7 Å². The van der Waals surface area contributed by atoms with Crippen molar-refractivity contribution >= 4 is 39.0 Å². The zero-order chi connectivity index (χ0) is 19.7. The van der Waals surface area contributed by atoms with E-state index in [0.29, 0.717) is 16.3 Å². The van der Waals surface area contributed by atoms with E-state index >= 15 is 0 Å². The fourth-order valence-electron chi connectivity index (χ4n) is 3.66. The zero-order valence-electron chi connectivity index (χ0n) is 16.4. The molecular formula is C21H24N4O2S. The van der Waals surface area contributed by atoms with Crippen LogP contribution in [0.3, 0.4) is 0 Å². The number of hydrogen-bond acceptors (Lipinski definition) is 6. The predicted molar refractivity (Wildman–Crippen MR) is 114 cm³/mol. The topological polar surface area (TPSA) is 67.3 Å². The number of aryl methyl sites for hydroxylation is 1. The summed E-state index contributed by atoms with van der Waals surface area (Å²) in [7, 11) is 1.59. The van der Waals surface area contributed by atoms with Gasteiger partial charge in [0.25, 0.3) is 5.91 Å². The molecule has 146 valence electrons. The lowest BCUT2D eigenvalue weighted by atomic mass is 9.99. The van der Waals surface area contributed by atoms with Crippen molar-refractivity contribution in [1.29, 1.82) is 0 Å². The molecular weight excluding hydrogens is 372 g/mol. The highest BCUT2D eigenvalue weighted by molar-refractivity contribution is 7.20. The molecule has 1 fully saturated rings. The van der Waals surface area contributed by atoms with Gasteiger partial charge in [-0.3, -0.25) is 4.79 Å². The van der Waals surface area contributed by atoms with Gasteiger partial charge >= 0.3 is 0 Å². The summed E-state index contributed by atoms with van der Waals surface area (Å²) in [6.45, 7) is 6.26. The maximum absolute atomic E-state index is 13.0. The van der Waals surface area contributed by atoms with Gasteiger partial charge in [0.2, 0.25) is 0 Å². The number of ether oxygens (including phenoxy) is 1. The molecule has 3 heterocycles. The molecule has 6 nitrogen and oxygen atoms in total. The van der Waals surface area contributed by atoms with Crippen LogP contribution in [0.25, 0.3) is 10.2 Å². The van der Waals surface area contributed by atoms with Crippen LogP contribution in [0.4, 0.5) is 11.5 Å². The summed E-state index contributed by atoms with van der Waals surface area (Å²) in [6.07, 6.45) is 3.93. The molecule has 0 bridgehead atoms. The van der Waals surface area contributed by atoms with Crippen LogP contribution in [0, 0.1) is 12.8 Å². The molecule has 1 amide bonds. The second-order valence-corrected chi connectivity index (χ2v) is 8.26. The molecule has 1 aliphatic rings. The van der Waals surface area contributed by atoms with Gasteiger partial charge < -0.3 is 15.0 Å². The molecule has 28 heavy (non-hydrogen) atoms. The third-order valence-electron chi connectivity index (χ3n) is 5.35. The second kappa shape index (κ2) is 7.75. The van der Waals surface area contributed by atoms with E-state index in [1.807, 2.05) is 31.2 Å². The monoisotopic (exact) mass is 396 g/mol. The van der Waals surface area contributed by atoms with Crippen LogP contribution in [0.15, 0.2) is 30.6 Å². The summed E-state index contributed by atoms with van der Waals surface area (Å²) < 4.78 is 5.34. The molecule has 1 N–H and O–H groups in total. The van der Waals surface area contributed by atoms with Crippen LogP contribution in [0.2, 0.25) is 0 Å². The zero-order valence-corrected chi connectivity index (χ0v) is 17.2. The van der Waals surface area contributed by atoms with Crippen molar-refractivity contribution in [3.8, 4) is 5.75 Å². The SMILES string of the molecule is COc1ccccc1NC(=O)c1sc2ncnc(N3CCC(C)CC3)c2c1C. The van der Waals surface area contributed by atoms with Gasteiger partial charge in [-0.2, -0.15) is 0 Å². The average Bonchev–Trinajstić information content (AvgIpc) is 3.06. The number of aromatic nitrogens is 2. The molecule has 0 unspecified atom stereocenters. The number of rotatable bonds is 4. The molecule has 0 atom stereocenters. The van der Waals surface area contributed by atoms with E-state index in [0.717, 1.165) is 53.4 Å². The maximum atomic E-state index is 13.0. The van der Waals surface area contributed by atoms with Gasteiger partial charge in [0.15, 0.2) is 0 Å². The van der Waals surface area contributed by atoms with E-state index in [1.54, 1.807) is 13.4 Å². The number of piperidine rings is 1. The average molecular weight is 397 g/mol. The van der Waals surface area contributed by atoms with Crippen molar-refractivity contribution in [2.45, 2.75) is 26.7 Å². The quantitative estimate of drug-likeness (QED) is 0.703. The van der Waals surface area contributed by atoms with Crippen molar-refractivity contribution in [2.75, 3.05) is 30.4 Å². The molecule has 0 saturated carbocycles. The molecule has 7 heteroatoms. The maximum Gasteiger partial charge on any atom is 0.266 e. The Labute approximate surface area is 168 Å². The number of nitrogens with one attached hydrogen (secondary N) is 1. The third-order valence-corrected chi connectivity index (χ3v) is 6.55. The molecule has 0 radical (unpaired) electrons. The molecule has 3 aromatic rings. The Hall–Kier alpha value is -2.67. The fourth-order valence-corrected chi connectivity index (χ4v) is 4.70. The lowest BCUT2D eigenvalue weighted by Gasteiger charge is -2.31. The van der Waals surface area contributed by atoms with Gasteiger partial charge in [0.05, 0.1) is 23.1 Å². The summed E-state index contributed by atoms with van der Waals surface area (Å²) in [4.78, 5) is 25.8. The summed E-state index contributed by atoms with van der Waals surface area (Å²) in [5.74, 6) is 2.18. The number of fused-ring (bicyclic) bond motifs is 1. The molecule has 0 spiro atoms. The fraction of sp³-hybridized carbons (Fsp3) is 0.381. The van der Waals surface area contributed by atoms with Crippen LogP contribution in [-0.4, -0.2) is 36.1 Å². The van der Waals surface area contributed by atoms with Crippen LogP contribution >= 0.6 is 11.3 Å². The highest BCUT2D eigenvalue weighted by Gasteiger charge is 2.24. The molecule has 2 aromatic heterocycles. The molecule has 1 aliphatic heterocycles. The lowest BCUT2D eigenvalue weighted by Crippen LogP contribution is -2.33. The number of amides is 1. The number of thiophene rings is 1. The first-order valence-corrected chi connectivity index (χ1v) is 10.3. The minimum atomic E-state index is -0.150. The summed E-state index contributed by atoms with van der Waals surface area (Å²) in [5.41, 5.74) is 1.59. The number of benzene rings is 1. The third kappa shape index (κ3) is 3.42. The number of nitrogens with zero attached hydrogens (tertiary/aromatic N) is 3. The number of methoxy groups -OCH3 is 1. The minimum Gasteiger partial charge on any atom is -0.495 e. The van der Waals surface area contributed by atoms with Crippen LogP contribution in [0.5, 0.6) is 5.75 Å². The van der Waals surface area contributed by atoms with Gasteiger partial charge in [-0.15, -0.1) is 11.3 Å². The van der Waals surface area contributed by atoms with Crippen molar-refractivity contribution in [1.82, 2.24) is 9.97 Å². The number of hydrogen-bond donors (Lipinski definition) is 1. The van der Waals surface area contributed by atoms with E-state index in [1.165, 1.54) is 11.3 Å². The Kier molecular flexibility index (Phi) is 5.17. The summed E-state index contributed by atoms with van der Waals surface area (Å²) in [5, 5.41) is 3.96. The Balaban J connectivity index is 1.68. The normalized spacial score (nSPS) is 15.0.